The normalized spacial score (nSPS) is 20.6. The molecule has 328 valence electrons. The predicted molar refractivity (Wildman–Crippen MR) is 235 cm³/mol. The Morgan fingerprint density at radius 1 is 1.00 bits per heavy atom. The third kappa shape index (κ3) is 9.00. The van der Waals surface area contributed by atoms with Crippen molar-refractivity contribution >= 4 is 63.5 Å². The smallest absolute Gasteiger partial charge is 0.255 e. The number of aliphatic imine (C=N–C) groups is 1. The number of anilines is 2. The minimum Gasteiger partial charge on any atom is -0.404 e. The summed E-state index contributed by atoms with van der Waals surface area (Å²) in [5.41, 5.74) is 10.7. The van der Waals surface area contributed by atoms with E-state index in [0.717, 1.165) is 56.7 Å². The molecule has 0 aliphatic carbocycles. The minimum absolute atomic E-state index is 0.0597. The molecule has 2 atom stereocenters. The van der Waals surface area contributed by atoms with Gasteiger partial charge in [0.05, 0.1) is 31.2 Å². The van der Waals surface area contributed by atoms with Crippen LogP contribution in [0.4, 0.5) is 15.2 Å². The van der Waals surface area contributed by atoms with Gasteiger partial charge in [-0.2, -0.15) is 0 Å². The van der Waals surface area contributed by atoms with Crippen molar-refractivity contribution in [2.75, 3.05) is 43.4 Å². The van der Waals surface area contributed by atoms with Crippen molar-refractivity contribution in [1.29, 1.82) is 0 Å². The Balaban J connectivity index is 0.767. The fourth-order valence-electron chi connectivity index (χ4n) is 9.43. The molecule has 0 bridgehead atoms. The first-order valence-electron chi connectivity index (χ1n) is 21.6. The molecule has 7 heterocycles. The average Bonchev–Trinajstić information content (AvgIpc) is 4.11. The van der Waals surface area contributed by atoms with E-state index in [1.807, 2.05) is 21.6 Å². The number of thiazole rings is 1. The van der Waals surface area contributed by atoms with Crippen LogP contribution in [0.25, 0.3) is 5.57 Å². The number of nitrogens with one attached hydrogen (secondary N) is 3. The van der Waals surface area contributed by atoms with Crippen molar-refractivity contribution in [3.63, 3.8) is 0 Å². The number of halogens is 1. The summed E-state index contributed by atoms with van der Waals surface area (Å²) in [6.07, 6.45) is 11.9. The van der Waals surface area contributed by atoms with Gasteiger partial charge in [-0.1, -0.05) is 12.1 Å². The number of hydrogen-bond donors (Lipinski definition) is 4. The number of fused-ring (bicyclic) bond motifs is 2. The van der Waals surface area contributed by atoms with Crippen molar-refractivity contribution in [2.45, 2.75) is 88.5 Å². The highest BCUT2D eigenvalue weighted by Gasteiger charge is 2.42. The maximum absolute atomic E-state index is 15.9. The van der Waals surface area contributed by atoms with Gasteiger partial charge >= 0.3 is 0 Å². The van der Waals surface area contributed by atoms with Gasteiger partial charge < -0.3 is 25.4 Å². The Labute approximate surface area is 367 Å². The van der Waals surface area contributed by atoms with E-state index in [9.17, 15) is 24.0 Å². The molecule has 5 aliphatic rings. The molecule has 2 aromatic heterocycles. The summed E-state index contributed by atoms with van der Waals surface area (Å²) in [7, 11) is 0. The number of hydrogen-bond acceptors (Lipinski definition) is 12. The third-order valence-electron chi connectivity index (χ3n) is 13.0. The molecule has 5 amide bonds. The van der Waals surface area contributed by atoms with Gasteiger partial charge in [-0.25, -0.2) is 14.4 Å². The van der Waals surface area contributed by atoms with E-state index in [2.05, 4.69) is 43.0 Å². The van der Waals surface area contributed by atoms with E-state index in [1.165, 1.54) is 34.1 Å². The van der Waals surface area contributed by atoms with Crippen LogP contribution in [0, 0.1) is 5.82 Å². The Morgan fingerprint density at radius 2 is 1.79 bits per heavy atom. The molecule has 9 rings (SSSR count). The first-order valence-corrected chi connectivity index (χ1v) is 22.5. The second kappa shape index (κ2) is 18.2. The van der Waals surface area contributed by atoms with E-state index >= 15 is 4.39 Å². The minimum atomic E-state index is -1.09. The number of nitrogens with zero attached hydrogens (tertiary/aromatic N) is 7. The van der Waals surface area contributed by atoms with Crippen LogP contribution in [0.5, 0.6) is 0 Å². The van der Waals surface area contributed by atoms with Crippen LogP contribution in [-0.2, 0) is 38.7 Å². The van der Waals surface area contributed by atoms with Gasteiger partial charge in [0.25, 0.3) is 11.8 Å². The van der Waals surface area contributed by atoms with Crippen molar-refractivity contribution in [2.24, 2.45) is 10.7 Å². The van der Waals surface area contributed by atoms with Crippen molar-refractivity contribution in [3.8, 4) is 0 Å². The average molecular weight is 876 g/mol. The zero-order chi connectivity index (χ0) is 43.6. The van der Waals surface area contributed by atoms with Crippen molar-refractivity contribution < 1.29 is 28.4 Å². The van der Waals surface area contributed by atoms with Gasteiger partial charge in [0.1, 0.15) is 11.9 Å². The maximum atomic E-state index is 15.9. The molecular formula is C45H50FN11O5S. The summed E-state index contributed by atoms with van der Waals surface area (Å²) >= 11 is 1.26. The Bertz CT molecular complexity index is 2450. The summed E-state index contributed by atoms with van der Waals surface area (Å²) in [6, 6.07) is 9.55. The Kier molecular flexibility index (Phi) is 12.2. The van der Waals surface area contributed by atoms with E-state index in [0.29, 0.717) is 73.2 Å². The number of carbonyl (C=O) groups excluding carboxylic acids is 5. The summed E-state index contributed by atoms with van der Waals surface area (Å²) < 4.78 is 17.9. The number of imide groups is 1. The van der Waals surface area contributed by atoms with Crippen LogP contribution >= 0.6 is 11.3 Å². The SMILES string of the molecule is N/C=C(\C=NC1CCN(C(=O)CN2CCC(c3ccc(N[C@H]4CCC(=O)NC4=O)cc3)CC2)CC1)c1cc(F)c2c(c1)C(=O)N(C(C(=O)Nc1nccs1)c1ncn3c1CCC3)C2. The first kappa shape index (κ1) is 42.1. The quantitative estimate of drug-likeness (QED) is 0.118. The second-order valence-electron chi connectivity index (χ2n) is 16.9. The zero-order valence-corrected chi connectivity index (χ0v) is 35.6. The van der Waals surface area contributed by atoms with Crippen LogP contribution in [0.2, 0.25) is 0 Å². The van der Waals surface area contributed by atoms with Gasteiger partial charge in [-0.3, -0.25) is 44.5 Å². The lowest BCUT2D eigenvalue weighted by molar-refractivity contribution is -0.134. The molecule has 63 heavy (non-hydrogen) atoms. The first-order chi connectivity index (χ1) is 30.6. The molecule has 0 radical (unpaired) electrons. The lowest BCUT2D eigenvalue weighted by Gasteiger charge is -2.35. The highest BCUT2D eigenvalue weighted by Crippen LogP contribution is 2.37. The van der Waals surface area contributed by atoms with E-state index < -0.39 is 29.7 Å². The number of allylic oxidation sites excluding steroid dienone is 1. The van der Waals surface area contributed by atoms with E-state index in [-0.39, 0.29) is 41.4 Å². The highest BCUT2D eigenvalue weighted by molar-refractivity contribution is 7.13. The molecule has 16 nitrogen and oxygen atoms in total. The van der Waals surface area contributed by atoms with Crippen LogP contribution < -0.4 is 21.7 Å². The number of rotatable bonds is 12. The molecule has 2 aromatic carbocycles. The third-order valence-corrected chi connectivity index (χ3v) is 13.6. The molecular weight excluding hydrogens is 826 g/mol. The summed E-state index contributed by atoms with van der Waals surface area (Å²) in [6.45, 7) is 3.85. The lowest BCUT2D eigenvalue weighted by Crippen LogP contribution is -2.47. The van der Waals surface area contributed by atoms with E-state index in [4.69, 9.17) is 10.7 Å². The van der Waals surface area contributed by atoms with Crippen LogP contribution in [-0.4, -0.2) is 110 Å². The largest absolute Gasteiger partial charge is 0.404 e. The number of amides is 5. The fraction of sp³-hybridized carbons (Fsp3) is 0.422. The van der Waals surface area contributed by atoms with Gasteiger partial charge in [0, 0.05) is 78.1 Å². The fourth-order valence-corrected chi connectivity index (χ4v) is 9.96. The summed E-state index contributed by atoms with van der Waals surface area (Å²) in [5, 5.41) is 10.6. The molecule has 3 saturated heterocycles. The van der Waals surface area contributed by atoms with Gasteiger partial charge in [0.15, 0.2) is 11.2 Å². The number of likely N-dealkylation sites (tertiary alicyclic amines) is 2. The topological polar surface area (TPSA) is 200 Å². The van der Waals surface area contributed by atoms with Crippen LogP contribution in [0.1, 0.15) is 95.3 Å². The van der Waals surface area contributed by atoms with Crippen molar-refractivity contribution in [3.05, 3.63) is 100.0 Å². The molecule has 0 spiro atoms. The second-order valence-corrected chi connectivity index (χ2v) is 17.7. The number of aryl methyl sites for hydroxylation is 1. The Hall–Kier alpha value is -6.27. The van der Waals surface area contributed by atoms with Gasteiger partial charge in [0.2, 0.25) is 17.7 Å². The van der Waals surface area contributed by atoms with Gasteiger partial charge in [-0.05, 0) is 99.3 Å². The monoisotopic (exact) mass is 875 g/mol. The number of piperidine rings is 3. The number of imidazole rings is 1. The van der Waals surface area contributed by atoms with Crippen LogP contribution in [0.3, 0.4) is 0 Å². The van der Waals surface area contributed by atoms with Crippen molar-refractivity contribution in [1.82, 2.24) is 34.6 Å². The van der Waals surface area contributed by atoms with Gasteiger partial charge in [-0.15, -0.1) is 11.3 Å². The maximum Gasteiger partial charge on any atom is 0.255 e. The molecule has 1 unspecified atom stereocenters. The molecule has 5 N–H and O–H groups in total. The summed E-state index contributed by atoms with van der Waals surface area (Å²) in [5.74, 6) is -1.55. The zero-order valence-electron chi connectivity index (χ0n) is 34.8. The molecule has 5 aliphatic heterocycles. The van der Waals surface area contributed by atoms with Crippen LogP contribution in [0.15, 0.2) is 65.5 Å². The molecule has 18 heteroatoms. The summed E-state index contributed by atoms with van der Waals surface area (Å²) in [4.78, 5) is 84.0. The molecule has 4 aromatic rings. The number of aromatic nitrogens is 3. The predicted octanol–water partition coefficient (Wildman–Crippen LogP) is 4.22. The standard InChI is InChI=1S/C45H50FN11O5S/c46-35-21-29(20-33-34(35)24-57(44(33)62)41(43(61)53-45-48-13-19-63-45)40-37-2-1-14-56(37)26-50-40)30(22-47)23-49-31-11-17-55(18-12-31)39(59)25-54-15-9-28(10-16-54)27-3-5-32(6-4-27)51-36-7-8-38(58)52-42(36)60/h3-6,13,19-23,26,28,31,36,41,51H,1-2,7-12,14-18,24-25,47H2,(H,48,53,61)(H,52,58,60)/b30-22+,49-23?/t36-,41?/m0/s1. The number of nitrogens with two attached hydrogens (primary N) is 1. The molecule has 0 saturated carbocycles. The lowest BCUT2D eigenvalue weighted by atomic mass is 9.89. The highest BCUT2D eigenvalue weighted by atomic mass is 32.1. The Morgan fingerprint density at radius 3 is 2.52 bits per heavy atom. The molecule has 3 fully saturated rings. The van der Waals surface area contributed by atoms with E-state index in [1.54, 1.807) is 30.2 Å². The number of benzene rings is 2. The number of carbonyl (C=O) groups is 5.